The summed E-state index contributed by atoms with van der Waals surface area (Å²) in [5.41, 5.74) is 6.99. The summed E-state index contributed by atoms with van der Waals surface area (Å²) in [4.78, 5) is 8.10. The maximum atomic E-state index is 13.5. The smallest absolute Gasteiger partial charge is 0.181 e. The molecule has 1 saturated heterocycles. The fourth-order valence-corrected chi connectivity index (χ4v) is 3.28. The second-order valence-corrected chi connectivity index (χ2v) is 6.52. The number of aliphatic hydroxyl groups excluding tert-OH is 3. The van der Waals surface area contributed by atoms with E-state index < -0.39 is 37.0 Å². The van der Waals surface area contributed by atoms with Crippen molar-refractivity contribution in [1.82, 2.24) is 19.7 Å². The van der Waals surface area contributed by atoms with Gasteiger partial charge >= 0.3 is 0 Å². The topological polar surface area (TPSA) is 140 Å². The summed E-state index contributed by atoms with van der Waals surface area (Å²) in [6.07, 6.45) is -3.53. The lowest BCUT2D eigenvalue weighted by Gasteiger charge is -2.15. The molecular formula is C16H15ClFN5O4. The Labute approximate surface area is 156 Å². The standard InChI is InChI=1S/C16H15ClFN5O4/c17-7-3-6(1-2-8(7)18)11-10-14(19)20-5-21-15(10)23(22-11)16-13(26)12(25)9(4-24)27-16/h1-3,5,9,12-13,16,24-26H,4H2,(H2,19,20,21)/t9-,12-,13-,16-/m1/s1. The number of benzene rings is 1. The van der Waals surface area contributed by atoms with Gasteiger partial charge in [0.05, 0.1) is 17.0 Å². The van der Waals surface area contributed by atoms with Gasteiger partial charge in [-0.1, -0.05) is 11.6 Å². The highest BCUT2D eigenvalue weighted by atomic mass is 35.5. The van der Waals surface area contributed by atoms with Gasteiger partial charge in [-0.05, 0) is 18.2 Å². The Kier molecular flexibility index (Phi) is 4.44. The van der Waals surface area contributed by atoms with Crippen LogP contribution in [0.3, 0.4) is 0 Å². The van der Waals surface area contributed by atoms with E-state index in [1.54, 1.807) is 0 Å². The maximum Gasteiger partial charge on any atom is 0.181 e. The van der Waals surface area contributed by atoms with E-state index >= 15 is 0 Å². The maximum absolute atomic E-state index is 13.5. The molecule has 1 aliphatic heterocycles. The molecule has 9 nitrogen and oxygen atoms in total. The highest BCUT2D eigenvalue weighted by Crippen LogP contribution is 2.36. The molecule has 1 aromatic carbocycles. The summed E-state index contributed by atoms with van der Waals surface area (Å²) < 4.78 is 20.3. The van der Waals surface area contributed by atoms with E-state index in [1.807, 2.05) is 0 Å². The first-order valence-electron chi connectivity index (χ1n) is 7.99. The van der Waals surface area contributed by atoms with Gasteiger partial charge in [0.25, 0.3) is 0 Å². The van der Waals surface area contributed by atoms with Crippen molar-refractivity contribution < 1.29 is 24.4 Å². The number of hydrogen-bond donors (Lipinski definition) is 4. The zero-order valence-corrected chi connectivity index (χ0v) is 14.5. The van der Waals surface area contributed by atoms with Crippen LogP contribution in [-0.2, 0) is 4.74 Å². The highest BCUT2D eigenvalue weighted by Gasteiger charge is 2.44. The van der Waals surface area contributed by atoms with E-state index in [0.717, 1.165) is 0 Å². The molecule has 3 heterocycles. The first kappa shape index (κ1) is 18.0. The fraction of sp³-hybridized carbons (Fsp3) is 0.312. The number of hydrogen-bond acceptors (Lipinski definition) is 8. The van der Waals surface area contributed by atoms with Crippen LogP contribution in [0.2, 0.25) is 5.02 Å². The molecular weight excluding hydrogens is 381 g/mol. The number of aliphatic hydroxyl groups is 3. The number of anilines is 1. The van der Waals surface area contributed by atoms with E-state index in [2.05, 4.69) is 15.1 Å². The van der Waals surface area contributed by atoms with E-state index in [0.29, 0.717) is 16.6 Å². The first-order valence-corrected chi connectivity index (χ1v) is 8.36. The van der Waals surface area contributed by atoms with Crippen molar-refractivity contribution in [3.8, 4) is 11.3 Å². The van der Waals surface area contributed by atoms with Crippen LogP contribution in [0.25, 0.3) is 22.3 Å². The molecule has 0 amide bonds. The molecule has 4 rings (SSSR count). The zero-order valence-electron chi connectivity index (χ0n) is 13.7. The predicted molar refractivity (Wildman–Crippen MR) is 93.1 cm³/mol. The third-order valence-electron chi connectivity index (χ3n) is 4.47. The van der Waals surface area contributed by atoms with Crippen LogP contribution < -0.4 is 5.73 Å². The Morgan fingerprint density at radius 1 is 1.26 bits per heavy atom. The molecule has 5 N–H and O–H groups in total. The molecule has 3 aromatic rings. The molecule has 0 radical (unpaired) electrons. The van der Waals surface area contributed by atoms with Gasteiger partial charge < -0.3 is 25.8 Å². The van der Waals surface area contributed by atoms with E-state index in [-0.39, 0.29) is 16.5 Å². The second kappa shape index (κ2) is 6.66. The predicted octanol–water partition coefficient (Wildman–Crippen LogP) is 0.479. The molecule has 142 valence electrons. The number of rotatable bonds is 3. The minimum Gasteiger partial charge on any atom is -0.394 e. The first-order chi connectivity index (χ1) is 12.9. The van der Waals surface area contributed by atoms with Gasteiger partial charge in [0.2, 0.25) is 0 Å². The molecule has 2 aromatic heterocycles. The van der Waals surface area contributed by atoms with Crippen molar-refractivity contribution in [2.75, 3.05) is 12.3 Å². The van der Waals surface area contributed by atoms with E-state index in [1.165, 1.54) is 29.2 Å². The minimum atomic E-state index is -1.36. The Morgan fingerprint density at radius 3 is 2.70 bits per heavy atom. The van der Waals surface area contributed by atoms with Crippen molar-refractivity contribution in [3.05, 3.63) is 35.4 Å². The van der Waals surface area contributed by atoms with Gasteiger partial charge in [-0.25, -0.2) is 19.0 Å². The van der Waals surface area contributed by atoms with Crippen LogP contribution in [0.5, 0.6) is 0 Å². The van der Waals surface area contributed by atoms with Crippen molar-refractivity contribution in [2.24, 2.45) is 0 Å². The molecule has 0 spiro atoms. The number of ether oxygens (including phenoxy) is 1. The minimum absolute atomic E-state index is 0.0986. The molecule has 27 heavy (non-hydrogen) atoms. The monoisotopic (exact) mass is 395 g/mol. The van der Waals surface area contributed by atoms with Gasteiger partial charge in [0.1, 0.15) is 42.0 Å². The lowest BCUT2D eigenvalue weighted by atomic mass is 10.1. The third-order valence-corrected chi connectivity index (χ3v) is 4.76. The number of nitrogens with zero attached hydrogens (tertiary/aromatic N) is 4. The summed E-state index contributed by atoms with van der Waals surface area (Å²) in [5, 5.41) is 34.3. The summed E-state index contributed by atoms with van der Waals surface area (Å²) in [7, 11) is 0. The summed E-state index contributed by atoms with van der Waals surface area (Å²) >= 11 is 5.87. The van der Waals surface area contributed by atoms with Gasteiger partial charge in [-0.2, -0.15) is 5.10 Å². The Morgan fingerprint density at radius 2 is 2.04 bits per heavy atom. The number of nitrogen functional groups attached to an aromatic ring is 1. The number of aromatic nitrogens is 4. The number of nitrogens with two attached hydrogens (primary N) is 1. The number of fused-ring (bicyclic) bond motifs is 1. The molecule has 0 unspecified atom stereocenters. The third kappa shape index (κ3) is 2.82. The molecule has 1 aliphatic rings. The van der Waals surface area contributed by atoms with Gasteiger partial charge in [0, 0.05) is 5.56 Å². The Hall–Kier alpha value is -2.37. The van der Waals surface area contributed by atoms with Gasteiger partial charge in [0.15, 0.2) is 11.9 Å². The Balaban J connectivity index is 1.91. The molecule has 11 heteroatoms. The zero-order chi connectivity index (χ0) is 19.3. The Bertz CT molecular complexity index is 1020. The van der Waals surface area contributed by atoms with Crippen LogP contribution >= 0.6 is 11.6 Å². The van der Waals surface area contributed by atoms with Gasteiger partial charge in [-0.3, -0.25) is 0 Å². The van der Waals surface area contributed by atoms with Gasteiger partial charge in [-0.15, -0.1) is 0 Å². The van der Waals surface area contributed by atoms with Crippen molar-refractivity contribution in [2.45, 2.75) is 24.5 Å². The summed E-state index contributed by atoms with van der Waals surface area (Å²) in [5.74, 6) is -0.467. The van der Waals surface area contributed by atoms with Crippen LogP contribution in [0.4, 0.5) is 10.2 Å². The molecule has 4 atom stereocenters. The van der Waals surface area contributed by atoms with Crippen molar-refractivity contribution >= 4 is 28.5 Å². The van der Waals surface area contributed by atoms with Crippen LogP contribution in [0.15, 0.2) is 24.5 Å². The average Bonchev–Trinajstić information content (AvgIpc) is 3.17. The second-order valence-electron chi connectivity index (χ2n) is 6.11. The largest absolute Gasteiger partial charge is 0.394 e. The van der Waals surface area contributed by atoms with Crippen LogP contribution in [0.1, 0.15) is 6.23 Å². The quantitative estimate of drug-likeness (QED) is 0.502. The fourth-order valence-electron chi connectivity index (χ4n) is 3.10. The average molecular weight is 396 g/mol. The lowest BCUT2D eigenvalue weighted by Crippen LogP contribution is -2.33. The molecule has 1 fully saturated rings. The van der Waals surface area contributed by atoms with E-state index in [9.17, 15) is 19.7 Å². The van der Waals surface area contributed by atoms with Crippen LogP contribution in [-0.4, -0.2) is 60.0 Å². The normalized spacial score (nSPS) is 25.4. The SMILES string of the molecule is Nc1ncnc2c1c(-c1ccc(F)c(Cl)c1)nn2[C@@H]1O[C@H](CO)[C@@H](O)[C@H]1O. The molecule has 0 saturated carbocycles. The number of halogens is 2. The summed E-state index contributed by atoms with van der Waals surface area (Å²) in [6.45, 7) is -0.481. The van der Waals surface area contributed by atoms with Crippen LogP contribution in [0, 0.1) is 5.82 Å². The lowest BCUT2D eigenvalue weighted by molar-refractivity contribution is -0.0565. The molecule has 0 bridgehead atoms. The van der Waals surface area contributed by atoms with Crippen molar-refractivity contribution in [1.29, 1.82) is 0 Å². The van der Waals surface area contributed by atoms with Crippen molar-refractivity contribution in [3.63, 3.8) is 0 Å². The summed E-state index contributed by atoms with van der Waals surface area (Å²) in [6, 6.07) is 4.04. The highest BCUT2D eigenvalue weighted by molar-refractivity contribution is 6.31. The van der Waals surface area contributed by atoms with E-state index in [4.69, 9.17) is 22.1 Å². The molecule has 0 aliphatic carbocycles.